The summed E-state index contributed by atoms with van der Waals surface area (Å²) in [4.78, 5) is -0.311. The molecule has 0 fully saturated rings. The summed E-state index contributed by atoms with van der Waals surface area (Å²) in [6.45, 7) is 1.43. The van der Waals surface area contributed by atoms with Crippen LogP contribution in [-0.4, -0.2) is 18.2 Å². The van der Waals surface area contributed by atoms with Crippen LogP contribution in [0.4, 0.5) is 4.39 Å². The van der Waals surface area contributed by atoms with Crippen LogP contribution in [0.3, 0.4) is 0 Å². The van der Waals surface area contributed by atoms with Crippen molar-refractivity contribution in [3.63, 3.8) is 0 Å². The lowest BCUT2D eigenvalue weighted by Gasteiger charge is -2.03. The van der Waals surface area contributed by atoms with Crippen LogP contribution in [-0.2, 0) is 9.05 Å². The van der Waals surface area contributed by atoms with Crippen LogP contribution in [0.1, 0.15) is 5.69 Å². The topological polar surface area (TPSA) is 52.0 Å². The first kappa shape index (κ1) is 13.3. The number of halogens is 3. The Labute approximate surface area is 112 Å². The molecular weight excluding hydrogens is 302 g/mol. The number of para-hydroxylation sites is 1. The Kier molecular flexibility index (Phi) is 3.35. The molecule has 0 spiro atoms. The van der Waals surface area contributed by atoms with Crippen LogP contribution in [0, 0.1) is 12.7 Å². The summed E-state index contributed by atoms with van der Waals surface area (Å²) in [6.07, 6.45) is 0. The van der Waals surface area contributed by atoms with Crippen LogP contribution in [0.2, 0.25) is 5.15 Å². The van der Waals surface area contributed by atoms with Crippen LogP contribution in [0.15, 0.2) is 29.2 Å². The Balaban J connectivity index is 2.74. The fraction of sp³-hybridized carbons (Fsp3) is 0.100. The molecule has 0 saturated heterocycles. The number of aryl methyl sites for hydroxylation is 1. The van der Waals surface area contributed by atoms with E-state index in [4.69, 9.17) is 22.3 Å². The third kappa shape index (κ3) is 2.23. The number of rotatable bonds is 2. The molecule has 0 saturated carbocycles. The Hall–Kier alpha value is -1.11. The summed E-state index contributed by atoms with van der Waals surface area (Å²) in [5.74, 6) is -0.569. The van der Waals surface area contributed by atoms with E-state index in [0.717, 1.165) is 4.68 Å². The molecule has 1 aromatic heterocycles. The van der Waals surface area contributed by atoms with Gasteiger partial charge in [0, 0.05) is 10.7 Å². The van der Waals surface area contributed by atoms with Gasteiger partial charge in [-0.25, -0.2) is 17.5 Å². The van der Waals surface area contributed by atoms with E-state index in [9.17, 15) is 12.8 Å². The van der Waals surface area contributed by atoms with Gasteiger partial charge in [-0.05, 0) is 19.1 Å². The number of aromatic nitrogens is 2. The lowest BCUT2D eigenvalue weighted by molar-refractivity contribution is 0.607. The van der Waals surface area contributed by atoms with E-state index in [1.165, 1.54) is 25.1 Å². The van der Waals surface area contributed by atoms with E-state index in [2.05, 4.69) is 5.10 Å². The van der Waals surface area contributed by atoms with Gasteiger partial charge in [0.2, 0.25) is 0 Å². The molecule has 1 heterocycles. The summed E-state index contributed by atoms with van der Waals surface area (Å²) in [5.41, 5.74) is 0.162. The minimum Gasteiger partial charge on any atom is -0.218 e. The molecule has 0 atom stereocenters. The van der Waals surface area contributed by atoms with Crippen molar-refractivity contribution in [2.75, 3.05) is 0 Å². The predicted octanol–water partition coefficient (Wildman–Crippen LogP) is 2.90. The molecule has 8 heteroatoms. The highest BCUT2D eigenvalue weighted by Crippen LogP contribution is 2.30. The van der Waals surface area contributed by atoms with Gasteiger partial charge in [0.1, 0.15) is 16.4 Å². The predicted molar refractivity (Wildman–Crippen MR) is 66.3 cm³/mol. The number of nitrogens with zero attached hydrogens (tertiary/aromatic N) is 2. The van der Waals surface area contributed by atoms with E-state index in [1.807, 2.05) is 0 Å². The SMILES string of the molecule is Cc1nn(-c2ccccc2F)c(Cl)c1S(=O)(=O)Cl. The lowest BCUT2D eigenvalue weighted by atomic mass is 10.3. The molecule has 0 unspecified atom stereocenters. The Bertz CT molecular complexity index is 713. The summed E-state index contributed by atoms with van der Waals surface area (Å²) < 4.78 is 37.3. The monoisotopic (exact) mass is 308 g/mol. The fourth-order valence-electron chi connectivity index (χ4n) is 1.54. The standard InChI is InChI=1S/C10H7Cl2FN2O2S/c1-6-9(18(12,16)17)10(11)15(14-6)8-5-3-2-4-7(8)13/h2-5H,1H3. The largest absolute Gasteiger partial charge is 0.266 e. The molecule has 18 heavy (non-hydrogen) atoms. The molecule has 2 aromatic rings. The van der Waals surface area contributed by atoms with Crippen molar-refractivity contribution in [1.82, 2.24) is 9.78 Å². The zero-order valence-electron chi connectivity index (χ0n) is 9.06. The van der Waals surface area contributed by atoms with Gasteiger partial charge in [0.25, 0.3) is 9.05 Å². The second-order valence-corrected chi connectivity index (χ2v) is 6.37. The van der Waals surface area contributed by atoms with Crippen molar-refractivity contribution in [2.24, 2.45) is 0 Å². The molecule has 96 valence electrons. The molecule has 4 nitrogen and oxygen atoms in total. The zero-order chi connectivity index (χ0) is 13.5. The number of benzene rings is 1. The molecule has 0 aliphatic heterocycles. The van der Waals surface area contributed by atoms with Gasteiger partial charge in [-0.3, -0.25) is 0 Å². The maximum absolute atomic E-state index is 13.6. The van der Waals surface area contributed by atoms with Crippen LogP contribution >= 0.6 is 22.3 Å². The minimum atomic E-state index is -4.03. The fourth-order valence-corrected chi connectivity index (χ4v) is 3.47. The van der Waals surface area contributed by atoms with Gasteiger partial charge in [-0.1, -0.05) is 23.7 Å². The third-order valence-electron chi connectivity index (χ3n) is 2.28. The molecule has 0 N–H and O–H groups in total. The first-order chi connectivity index (χ1) is 8.32. The Morgan fingerprint density at radius 3 is 2.44 bits per heavy atom. The average Bonchev–Trinajstić information content (AvgIpc) is 2.54. The minimum absolute atomic E-state index is 0.0529. The molecule has 2 rings (SSSR count). The Morgan fingerprint density at radius 1 is 1.33 bits per heavy atom. The second kappa shape index (κ2) is 4.53. The normalized spacial score (nSPS) is 11.8. The number of hydrogen-bond acceptors (Lipinski definition) is 3. The number of hydrogen-bond donors (Lipinski definition) is 0. The molecule has 0 aliphatic carbocycles. The van der Waals surface area contributed by atoms with Crippen molar-refractivity contribution < 1.29 is 12.8 Å². The first-order valence-electron chi connectivity index (χ1n) is 4.77. The molecule has 1 aromatic carbocycles. The molecule has 0 radical (unpaired) electrons. The highest BCUT2D eigenvalue weighted by Gasteiger charge is 2.25. The van der Waals surface area contributed by atoms with Gasteiger partial charge < -0.3 is 0 Å². The van der Waals surface area contributed by atoms with Gasteiger partial charge in [-0.2, -0.15) is 5.10 Å². The van der Waals surface area contributed by atoms with Gasteiger partial charge in [-0.15, -0.1) is 0 Å². The van der Waals surface area contributed by atoms with Crippen molar-refractivity contribution in [1.29, 1.82) is 0 Å². The summed E-state index contributed by atoms with van der Waals surface area (Å²) in [5, 5.41) is 3.65. The quantitative estimate of drug-likeness (QED) is 0.802. The van der Waals surface area contributed by atoms with Gasteiger partial charge in [0.15, 0.2) is 5.15 Å². The van der Waals surface area contributed by atoms with Gasteiger partial charge in [0.05, 0.1) is 5.69 Å². The average molecular weight is 309 g/mol. The van der Waals surface area contributed by atoms with Crippen molar-refractivity contribution in [3.05, 3.63) is 40.9 Å². The maximum atomic E-state index is 13.6. The van der Waals surface area contributed by atoms with Crippen molar-refractivity contribution >= 4 is 31.3 Å². The molecule has 0 bridgehead atoms. The maximum Gasteiger partial charge on any atom is 0.266 e. The highest BCUT2D eigenvalue weighted by molar-refractivity contribution is 8.13. The van der Waals surface area contributed by atoms with Crippen LogP contribution in [0.5, 0.6) is 0 Å². The van der Waals surface area contributed by atoms with E-state index in [1.54, 1.807) is 6.07 Å². The smallest absolute Gasteiger partial charge is 0.218 e. The third-order valence-corrected chi connectivity index (χ3v) is 4.18. The van der Waals surface area contributed by atoms with E-state index >= 15 is 0 Å². The van der Waals surface area contributed by atoms with Gasteiger partial charge >= 0.3 is 0 Å². The summed E-state index contributed by atoms with van der Waals surface area (Å²) in [7, 11) is 1.22. The first-order valence-corrected chi connectivity index (χ1v) is 7.46. The highest BCUT2D eigenvalue weighted by atomic mass is 35.7. The zero-order valence-corrected chi connectivity index (χ0v) is 11.4. The molecule has 0 aliphatic rings. The molecule has 0 amide bonds. The summed E-state index contributed by atoms with van der Waals surface area (Å²) in [6, 6.07) is 5.73. The van der Waals surface area contributed by atoms with Crippen LogP contribution in [0.25, 0.3) is 5.69 Å². The summed E-state index contributed by atoms with van der Waals surface area (Å²) >= 11 is 5.89. The lowest BCUT2D eigenvalue weighted by Crippen LogP contribution is -2.00. The second-order valence-electron chi connectivity index (χ2n) is 3.51. The van der Waals surface area contributed by atoms with E-state index in [-0.39, 0.29) is 21.4 Å². The van der Waals surface area contributed by atoms with Crippen molar-refractivity contribution in [3.8, 4) is 5.69 Å². The van der Waals surface area contributed by atoms with E-state index < -0.39 is 14.9 Å². The van der Waals surface area contributed by atoms with Crippen molar-refractivity contribution in [2.45, 2.75) is 11.8 Å². The van der Waals surface area contributed by atoms with Crippen LogP contribution < -0.4 is 0 Å². The Morgan fingerprint density at radius 2 is 1.94 bits per heavy atom. The molecular formula is C10H7Cl2FN2O2S. The van der Waals surface area contributed by atoms with E-state index in [0.29, 0.717) is 0 Å².